The minimum atomic E-state index is -0.540. The molecule has 1 amide bonds. The van der Waals surface area contributed by atoms with Gasteiger partial charge in [-0.15, -0.1) is 0 Å². The van der Waals surface area contributed by atoms with Crippen LogP contribution in [0.15, 0.2) is 53.3 Å². The molecule has 9 heteroatoms. The molecule has 2 aromatic carbocycles. The number of hydrogen-bond donors (Lipinski definition) is 1. The van der Waals surface area contributed by atoms with E-state index in [9.17, 15) is 19.7 Å². The van der Waals surface area contributed by atoms with E-state index in [4.69, 9.17) is 0 Å². The average molecular weight is 421 g/mol. The Morgan fingerprint density at radius 2 is 1.81 bits per heavy atom. The number of aromatic nitrogens is 2. The number of amides is 1. The number of carbonyl (C=O) groups excluding carboxylic acids is 1. The number of nitro groups is 1. The predicted octanol–water partition coefficient (Wildman–Crippen LogP) is 2.33. The van der Waals surface area contributed by atoms with Gasteiger partial charge in [0.25, 0.3) is 17.2 Å². The van der Waals surface area contributed by atoms with Crippen molar-refractivity contribution in [1.29, 1.82) is 0 Å². The highest BCUT2D eigenvalue weighted by molar-refractivity contribution is 5.95. The Hall–Kier alpha value is -3.59. The van der Waals surface area contributed by atoms with Crippen LogP contribution in [0.5, 0.6) is 0 Å². The summed E-state index contributed by atoms with van der Waals surface area (Å²) in [5.41, 5.74) is 0.478. The van der Waals surface area contributed by atoms with Crippen LogP contribution in [0.2, 0.25) is 0 Å². The molecule has 1 saturated heterocycles. The van der Waals surface area contributed by atoms with Crippen molar-refractivity contribution < 1.29 is 9.72 Å². The molecule has 31 heavy (non-hydrogen) atoms. The van der Waals surface area contributed by atoms with Crippen LogP contribution in [0.4, 0.5) is 5.69 Å². The van der Waals surface area contributed by atoms with Crippen LogP contribution in [0.1, 0.15) is 28.9 Å². The monoisotopic (exact) mass is 421 g/mol. The highest BCUT2D eigenvalue weighted by Gasteiger charge is 2.16. The van der Waals surface area contributed by atoms with Gasteiger partial charge in [0, 0.05) is 29.6 Å². The second-order valence-corrected chi connectivity index (χ2v) is 7.56. The Morgan fingerprint density at radius 1 is 1.06 bits per heavy atom. The highest BCUT2D eigenvalue weighted by atomic mass is 16.6. The van der Waals surface area contributed by atoms with E-state index in [1.807, 2.05) is 12.1 Å². The molecule has 1 fully saturated rings. The standard InChI is InChI=1S/C22H23N5O4/c28-21(16-6-5-7-17(14-16)27(30)31)23-15-20-18-8-1-2-9-19(18)22(29)26(24-20)13-12-25-10-3-4-11-25/h1-2,5-9,14H,3-4,10-13,15H2,(H,23,28). The van der Waals surface area contributed by atoms with Gasteiger partial charge in [-0.1, -0.05) is 24.3 Å². The van der Waals surface area contributed by atoms with Gasteiger partial charge in [0.05, 0.1) is 29.1 Å². The van der Waals surface area contributed by atoms with E-state index in [0.717, 1.165) is 19.6 Å². The minimum absolute atomic E-state index is 0.103. The molecule has 0 spiro atoms. The molecule has 4 rings (SSSR count). The fourth-order valence-corrected chi connectivity index (χ4v) is 3.86. The van der Waals surface area contributed by atoms with E-state index in [0.29, 0.717) is 23.0 Å². The van der Waals surface area contributed by atoms with Gasteiger partial charge in [0.1, 0.15) is 0 Å². The van der Waals surface area contributed by atoms with Crippen molar-refractivity contribution >= 4 is 22.4 Å². The first-order valence-electron chi connectivity index (χ1n) is 10.3. The maximum atomic E-state index is 12.9. The van der Waals surface area contributed by atoms with Gasteiger partial charge in [-0.3, -0.25) is 19.7 Å². The summed E-state index contributed by atoms with van der Waals surface area (Å²) in [5.74, 6) is -0.440. The zero-order chi connectivity index (χ0) is 21.8. The van der Waals surface area contributed by atoms with Crippen LogP contribution >= 0.6 is 0 Å². The Labute approximate surface area is 178 Å². The third-order valence-electron chi connectivity index (χ3n) is 5.51. The van der Waals surface area contributed by atoms with Crippen molar-refractivity contribution in [2.24, 2.45) is 0 Å². The fourth-order valence-electron chi connectivity index (χ4n) is 3.86. The average Bonchev–Trinajstić information content (AvgIpc) is 3.31. The maximum absolute atomic E-state index is 12.9. The lowest BCUT2D eigenvalue weighted by Crippen LogP contribution is -2.32. The van der Waals surface area contributed by atoms with E-state index < -0.39 is 10.8 Å². The molecule has 1 aromatic heterocycles. The number of rotatable bonds is 7. The van der Waals surface area contributed by atoms with Crippen LogP contribution in [0, 0.1) is 10.1 Å². The molecule has 0 saturated carbocycles. The number of non-ortho nitro benzene ring substituents is 1. The number of hydrogen-bond acceptors (Lipinski definition) is 6. The van der Waals surface area contributed by atoms with Gasteiger partial charge in [0.15, 0.2) is 0 Å². The highest BCUT2D eigenvalue weighted by Crippen LogP contribution is 2.15. The van der Waals surface area contributed by atoms with Gasteiger partial charge in [0.2, 0.25) is 0 Å². The molecule has 0 aliphatic carbocycles. The second-order valence-electron chi connectivity index (χ2n) is 7.56. The lowest BCUT2D eigenvalue weighted by Gasteiger charge is -2.16. The van der Waals surface area contributed by atoms with Crippen LogP contribution in [0.3, 0.4) is 0 Å². The number of benzene rings is 2. The second kappa shape index (κ2) is 9.05. The van der Waals surface area contributed by atoms with Crippen LogP contribution in [-0.2, 0) is 13.1 Å². The Morgan fingerprint density at radius 3 is 2.55 bits per heavy atom. The van der Waals surface area contributed by atoms with E-state index >= 15 is 0 Å². The van der Waals surface area contributed by atoms with E-state index in [-0.39, 0.29) is 23.4 Å². The Kier molecular flexibility index (Phi) is 6.03. The molecule has 0 unspecified atom stereocenters. The van der Waals surface area contributed by atoms with E-state index in [2.05, 4.69) is 15.3 Å². The predicted molar refractivity (Wildman–Crippen MR) is 116 cm³/mol. The minimum Gasteiger partial charge on any atom is -0.346 e. The van der Waals surface area contributed by atoms with Gasteiger partial charge in [-0.05, 0) is 38.1 Å². The summed E-state index contributed by atoms with van der Waals surface area (Å²) in [6.07, 6.45) is 2.35. The molecule has 3 aromatic rings. The largest absolute Gasteiger partial charge is 0.346 e. The number of fused-ring (bicyclic) bond motifs is 1. The lowest BCUT2D eigenvalue weighted by molar-refractivity contribution is -0.384. The summed E-state index contributed by atoms with van der Waals surface area (Å²) in [4.78, 5) is 38.1. The van der Waals surface area contributed by atoms with Gasteiger partial charge < -0.3 is 10.2 Å². The van der Waals surface area contributed by atoms with Crippen molar-refractivity contribution in [3.8, 4) is 0 Å². The number of likely N-dealkylation sites (tertiary alicyclic amines) is 1. The van der Waals surface area contributed by atoms with Crippen molar-refractivity contribution in [2.45, 2.75) is 25.9 Å². The fraction of sp³-hybridized carbons (Fsp3) is 0.318. The summed E-state index contributed by atoms with van der Waals surface area (Å²) in [7, 11) is 0. The maximum Gasteiger partial charge on any atom is 0.274 e. The third-order valence-corrected chi connectivity index (χ3v) is 5.51. The van der Waals surface area contributed by atoms with Crippen molar-refractivity contribution in [3.63, 3.8) is 0 Å². The summed E-state index contributed by atoms with van der Waals surface area (Å²) < 4.78 is 1.47. The number of carbonyl (C=O) groups is 1. The molecule has 0 atom stereocenters. The molecular formula is C22H23N5O4. The van der Waals surface area contributed by atoms with Crippen molar-refractivity contribution in [2.75, 3.05) is 19.6 Å². The smallest absolute Gasteiger partial charge is 0.274 e. The molecule has 1 aliphatic rings. The molecular weight excluding hydrogens is 398 g/mol. The normalized spacial score (nSPS) is 14.1. The first kappa shape index (κ1) is 20.7. The third kappa shape index (κ3) is 4.61. The quantitative estimate of drug-likeness (QED) is 0.463. The number of nitro benzene ring substituents is 1. The summed E-state index contributed by atoms with van der Waals surface area (Å²) in [6, 6.07) is 12.8. The first-order chi connectivity index (χ1) is 15.0. The van der Waals surface area contributed by atoms with Crippen LogP contribution in [0.25, 0.3) is 10.8 Å². The number of nitrogens with zero attached hydrogens (tertiary/aromatic N) is 4. The van der Waals surface area contributed by atoms with Crippen molar-refractivity contribution in [3.05, 3.63) is 80.3 Å². The molecule has 2 heterocycles. The van der Waals surface area contributed by atoms with Crippen LogP contribution < -0.4 is 10.9 Å². The zero-order valence-corrected chi connectivity index (χ0v) is 17.0. The topological polar surface area (TPSA) is 110 Å². The Bertz CT molecular complexity index is 1180. The molecule has 0 bridgehead atoms. The van der Waals surface area contributed by atoms with Gasteiger partial charge in [-0.25, -0.2) is 4.68 Å². The lowest BCUT2D eigenvalue weighted by atomic mass is 10.1. The molecule has 1 N–H and O–H groups in total. The SMILES string of the molecule is O=C(NCc1nn(CCN2CCCC2)c(=O)c2ccccc12)c1cccc([N+](=O)[O-])c1. The summed E-state index contributed by atoms with van der Waals surface area (Å²) in [6.45, 7) is 3.41. The zero-order valence-electron chi connectivity index (χ0n) is 17.0. The van der Waals surface area contributed by atoms with Crippen molar-refractivity contribution in [1.82, 2.24) is 20.0 Å². The number of nitrogens with one attached hydrogen (secondary N) is 1. The van der Waals surface area contributed by atoms with E-state index in [1.165, 1.54) is 41.8 Å². The first-order valence-corrected chi connectivity index (χ1v) is 10.3. The van der Waals surface area contributed by atoms with Gasteiger partial charge in [-0.2, -0.15) is 5.10 Å². The molecule has 160 valence electrons. The van der Waals surface area contributed by atoms with Gasteiger partial charge >= 0.3 is 0 Å². The molecule has 1 aliphatic heterocycles. The Balaban J connectivity index is 1.56. The molecule has 9 nitrogen and oxygen atoms in total. The van der Waals surface area contributed by atoms with Crippen LogP contribution in [-0.4, -0.2) is 45.1 Å². The summed E-state index contributed by atoms with van der Waals surface area (Å²) >= 11 is 0. The molecule has 0 radical (unpaired) electrons. The summed E-state index contributed by atoms with van der Waals surface area (Å²) in [5, 5.41) is 19.5. The van der Waals surface area contributed by atoms with E-state index in [1.54, 1.807) is 12.1 Å².